The van der Waals surface area contributed by atoms with Crippen LogP contribution in [0, 0.1) is 11.8 Å². The molecule has 2 aromatic rings. The molecule has 2 N–H and O–H groups in total. The van der Waals surface area contributed by atoms with Crippen LogP contribution in [0.25, 0.3) is 11.1 Å². The maximum Gasteiger partial charge on any atom is 0.234 e. The van der Waals surface area contributed by atoms with E-state index in [-0.39, 0.29) is 0 Å². The minimum absolute atomic E-state index is 0.444. The third-order valence-electron chi connectivity index (χ3n) is 3.43. The first-order valence-corrected chi connectivity index (χ1v) is 6.74. The van der Waals surface area contributed by atoms with Crippen LogP contribution >= 0.6 is 0 Å². The molecule has 0 heterocycles. The Kier molecular flexibility index (Phi) is 3.39. The van der Waals surface area contributed by atoms with E-state index in [1.807, 2.05) is 18.2 Å². The largest absolute Gasteiger partial charge is 0.330 e. The summed E-state index contributed by atoms with van der Waals surface area (Å²) >= 11 is 0. The highest BCUT2D eigenvalue weighted by Gasteiger charge is 2.29. The molecule has 102 valence electrons. The predicted octanol–water partition coefficient (Wildman–Crippen LogP) is 2.43. The first-order chi connectivity index (χ1) is 10.2. The summed E-state index contributed by atoms with van der Waals surface area (Å²) in [5, 5.41) is 0. The van der Waals surface area contributed by atoms with Crippen molar-refractivity contribution in [3.8, 4) is 23.0 Å². The topological polar surface area (TPSA) is 60.2 Å². The van der Waals surface area contributed by atoms with Gasteiger partial charge in [-0.15, -0.1) is 0 Å². The molecule has 0 saturated carbocycles. The van der Waals surface area contributed by atoms with E-state index < -0.39 is 11.6 Å². The van der Waals surface area contributed by atoms with Gasteiger partial charge in [0.2, 0.25) is 11.6 Å². The molecule has 1 aliphatic carbocycles. The van der Waals surface area contributed by atoms with Crippen LogP contribution in [0.15, 0.2) is 42.5 Å². The second-order valence-corrected chi connectivity index (χ2v) is 4.80. The van der Waals surface area contributed by atoms with Crippen LogP contribution in [-0.4, -0.2) is 18.1 Å². The lowest BCUT2D eigenvalue weighted by atomic mass is 9.83. The zero-order valence-corrected chi connectivity index (χ0v) is 11.3. The van der Waals surface area contributed by atoms with Crippen LogP contribution < -0.4 is 5.73 Å². The van der Waals surface area contributed by atoms with Crippen LogP contribution in [-0.2, 0) is 0 Å². The highest BCUT2D eigenvalue weighted by Crippen LogP contribution is 2.33. The second-order valence-electron chi connectivity index (χ2n) is 4.80. The van der Waals surface area contributed by atoms with Gasteiger partial charge in [-0.1, -0.05) is 36.1 Å². The molecular formula is C18H13NO2. The Labute approximate surface area is 122 Å². The number of carbonyl (C=O) groups excluding carboxylic acids is 2. The maximum absolute atomic E-state index is 12.1. The van der Waals surface area contributed by atoms with Crippen molar-refractivity contribution in [3.63, 3.8) is 0 Å². The zero-order valence-electron chi connectivity index (χ0n) is 11.3. The van der Waals surface area contributed by atoms with E-state index in [4.69, 9.17) is 5.73 Å². The molecule has 0 aromatic heterocycles. The monoisotopic (exact) mass is 275 g/mol. The number of carbonyl (C=O) groups is 2. The third-order valence-corrected chi connectivity index (χ3v) is 3.43. The fourth-order valence-electron chi connectivity index (χ4n) is 2.44. The van der Waals surface area contributed by atoms with Gasteiger partial charge in [-0.25, -0.2) is 0 Å². The van der Waals surface area contributed by atoms with Gasteiger partial charge in [0.15, 0.2) is 0 Å². The van der Waals surface area contributed by atoms with Crippen LogP contribution in [0.5, 0.6) is 0 Å². The predicted molar refractivity (Wildman–Crippen MR) is 81.1 cm³/mol. The van der Waals surface area contributed by atoms with E-state index in [2.05, 4.69) is 11.8 Å². The van der Waals surface area contributed by atoms with Crippen LogP contribution in [0.3, 0.4) is 0 Å². The van der Waals surface area contributed by atoms with Crippen molar-refractivity contribution in [1.82, 2.24) is 0 Å². The summed E-state index contributed by atoms with van der Waals surface area (Å²) in [5.74, 6) is 5.10. The van der Waals surface area contributed by atoms with Crippen molar-refractivity contribution in [3.05, 3.63) is 59.2 Å². The molecule has 3 heteroatoms. The minimum atomic E-state index is -0.454. The lowest BCUT2D eigenvalue weighted by molar-refractivity contribution is 0.0815. The van der Waals surface area contributed by atoms with E-state index >= 15 is 0 Å². The van der Waals surface area contributed by atoms with Crippen molar-refractivity contribution >= 4 is 11.6 Å². The molecule has 0 saturated heterocycles. The van der Waals surface area contributed by atoms with Crippen LogP contribution in [0.4, 0.5) is 0 Å². The van der Waals surface area contributed by atoms with Gasteiger partial charge in [0.25, 0.3) is 0 Å². The standard InChI is InChI=1S/C18H13NO2/c19-10-4-3-5-12-8-9-15-16(11-12)13-6-1-2-7-14(13)17(20)18(15)21/h1-2,6-9,11H,4,10,19H2. The van der Waals surface area contributed by atoms with Gasteiger partial charge in [-0.05, 0) is 29.3 Å². The summed E-state index contributed by atoms with van der Waals surface area (Å²) in [6, 6.07) is 12.5. The van der Waals surface area contributed by atoms with E-state index in [1.165, 1.54) is 0 Å². The van der Waals surface area contributed by atoms with E-state index in [0.29, 0.717) is 24.1 Å². The molecule has 0 bridgehead atoms. The Balaban J connectivity index is 2.16. The Morgan fingerprint density at radius 2 is 1.52 bits per heavy atom. The van der Waals surface area contributed by atoms with Crippen molar-refractivity contribution in [2.24, 2.45) is 5.73 Å². The fourth-order valence-corrected chi connectivity index (χ4v) is 2.44. The second kappa shape index (κ2) is 5.35. The Bertz CT molecular complexity index is 809. The number of hydrogen-bond donors (Lipinski definition) is 1. The van der Waals surface area contributed by atoms with Gasteiger partial charge in [0, 0.05) is 29.7 Å². The SMILES string of the molecule is NCCC#Cc1ccc2c(c1)-c1ccccc1C(=O)C2=O. The number of Topliss-reactive ketones (excluding diaryl/α,β-unsaturated/α-hetero) is 2. The number of rotatable bonds is 1. The molecule has 0 aliphatic heterocycles. The summed E-state index contributed by atoms with van der Waals surface area (Å²) < 4.78 is 0. The van der Waals surface area contributed by atoms with Gasteiger partial charge < -0.3 is 5.73 Å². The average Bonchev–Trinajstić information content (AvgIpc) is 2.53. The molecule has 2 aromatic carbocycles. The number of hydrogen-bond acceptors (Lipinski definition) is 3. The van der Waals surface area contributed by atoms with Crippen molar-refractivity contribution in [1.29, 1.82) is 0 Å². The average molecular weight is 275 g/mol. The molecular weight excluding hydrogens is 262 g/mol. The molecule has 0 atom stereocenters. The molecule has 0 spiro atoms. The fraction of sp³-hybridized carbons (Fsp3) is 0.111. The zero-order chi connectivity index (χ0) is 14.8. The molecule has 1 aliphatic rings. The summed E-state index contributed by atoms with van der Waals surface area (Å²) in [6.07, 6.45) is 0.630. The third kappa shape index (κ3) is 2.26. The van der Waals surface area contributed by atoms with Crippen molar-refractivity contribution in [2.75, 3.05) is 6.54 Å². The Morgan fingerprint density at radius 3 is 2.24 bits per heavy atom. The van der Waals surface area contributed by atoms with Crippen LogP contribution in [0.2, 0.25) is 0 Å². The van der Waals surface area contributed by atoms with Gasteiger partial charge in [0.05, 0.1) is 0 Å². The van der Waals surface area contributed by atoms with Gasteiger partial charge in [-0.3, -0.25) is 9.59 Å². The first-order valence-electron chi connectivity index (χ1n) is 6.74. The summed E-state index contributed by atoms with van der Waals surface area (Å²) in [4.78, 5) is 24.2. The van der Waals surface area contributed by atoms with Gasteiger partial charge in [-0.2, -0.15) is 0 Å². The number of nitrogens with two attached hydrogens (primary N) is 1. The molecule has 0 unspecified atom stereocenters. The van der Waals surface area contributed by atoms with Gasteiger partial charge >= 0.3 is 0 Å². The molecule has 0 fully saturated rings. The normalized spacial score (nSPS) is 12.2. The molecule has 0 amide bonds. The highest BCUT2D eigenvalue weighted by molar-refractivity contribution is 6.53. The summed E-state index contributed by atoms with van der Waals surface area (Å²) in [5.41, 5.74) is 8.71. The maximum atomic E-state index is 12.1. The molecule has 3 nitrogen and oxygen atoms in total. The number of fused-ring (bicyclic) bond motifs is 3. The molecule has 0 radical (unpaired) electrons. The quantitative estimate of drug-likeness (QED) is 0.642. The van der Waals surface area contributed by atoms with Gasteiger partial charge in [0.1, 0.15) is 0 Å². The molecule has 21 heavy (non-hydrogen) atoms. The molecule has 3 rings (SSSR count). The Hall–Kier alpha value is -2.70. The lowest BCUT2D eigenvalue weighted by Gasteiger charge is -2.17. The van der Waals surface area contributed by atoms with E-state index in [0.717, 1.165) is 16.7 Å². The number of benzene rings is 2. The van der Waals surface area contributed by atoms with E-state index in [9.17, 15) is 9.59 Å². The smallest absolute Gasteiger partial charge is 0.234 e. The van der Waals surface area contributed by atoms with Crippen LogP contribution in [0.1, 0.15) is 32.7 Å². The number of ketones is 2. The van der Waals surface area contributed by atoms with E-state index in [1.54, 1.807) is 24.3 Å². The Morgan fingerprint density at radius 1 is 0.857 bits per heavy atom. The highest BCUT2D eigenvalue weighted by atomic mass is 16.2. The first kappa shape index (κ1) is 13.3. The van der Waals surface area contributed by atoms with Crippen molar-refractivity contribution < 1.29 is 9.59 Å². The summed E-state index contributed by atoms with van der Waals surface area (Å²) in [7, 11) is 0. The van der Waals surface area contributed by atoms with Crippen molar-refractivity contribution in [2.45, 2.75) is 6.42 Å². The minimum Gasteiger partial charge on any atom is -0.330 e. The summed E-state index contributed by atoms with van der Waals surface area (Å²) in [6.45, 7) is 0.522. The lowest BCUT2D eigenvalue weighted by Crippen LogP contribution is -2.21.